The molecule has 1 unspecified atom stereocenters. The summed E-state index contributed by atoms with van der Waals surface area (Å²) in [5, 5.41) is 1.07. The second kappa shape index (κ2) is 7.57. The van der Waals surface area contributed by atoms with Crippen LogP contribution in [0.15, 0.2) is 24.4 Å². The lowest BCUT2D eigenvalue weighted by Crippen LogP contribution is -2.42. The summed E-state index contributed by atoms with van der Waals surface area (Å²) in [5.41, 5.74) is 2.03. The van der Waals surface area contributed by atoms with Gasteiger partial charge in [-0.3, -0.25) is 9.59 Å². The highest BCUT2D eigenvalue weighted by molar-refractivity contribution is 5.89. The van der Waals surface area contributed by atoms with E-state index in [0.717, 1.165) is 30.3 Å². The number of aromatic amines is 1. The van der Waals surface area contributed by atoms with Crippen LogP contribution in [0.3, 0.4) is 0 Å². The van der Waals surface area contributed by atoms with E-state index in [0.29, 0.717) is 37.9 Å². The number of amides is 2. The van der Waals surface area contributed by atoms with Gasteiger partial charge in [-0.2, -0.15) is 0 Å². The monoisotopic (exact) mass is 385 g/mol. The first kappa shape index (κ1) is 19.0. The summed E-state index contributed by atoms with van der Waals surface area (Å²) in [4.78, 5) is 32.0. The lowest BCUT2D eigenvalue weighted by Gasteiger charge is -2.33. The van der Waals surface area contributed by atoms with E-state index in [2.05, 4.69) is 18.8 Å². The molecular formula is C22H28FN3O2. The Morgan fingerprint density at radius 2 is 2.04 bits per heavy atom. The average Bonchev–Trinajstić information content (AvgIpc) is 3.24. The van der Waals surface area contributed by atoms with Gasteiger partial charge in [0.15, 0.2) is 0 Å². The molecule has 2 aliphatic rings. The van der Waals surface area contributed by atoms with Crippen LogP contribution in [0.4, 0.5) is 4.39 Å². The number of carbonyl (C=O) groups is 2. The number of likely N-dealkylation sites (tertiary alicyclic amines) is 2. The molecule has 2 aromatic rings. The Labute approximate surface area is 164 Å². The molecule has 28 heavy (non-hydrogen) atoms. The highest BCUT2D eigenvalue weighted by Gasteiger charge is 2.37. The van der Waals surface area contributed by atoms with Gasteiger partial charge in [-0.15, -0.1) is 0 Å². The van der Waals surface area contributed by atoms with Crippen molar-refractivity contribution in [1.82, 2.24) is 14.8 Å². The molecule has 1 atom stereocenters. The van der Waals surface area contributed by atoms with Gasteiger partial charge < -0.3 is 14.8 Å². The van der Waals surface area contributed by atoms with Crippen LogP contribution in [0.5, 0.6) is 0 Å². The summed E-state index contributed by atoms with van der Waals surface area (Å²) in [7, 11) is 0. The van der Waals surface area contributed by atoms with Crippen LogP contribution in [0.2, 0.25) is 0 Å². The van der Waals surface area contributed by atoms with Gasteiger partial charge in [0, 0.05) is 49.7 Å². The molecule has 2 aliphatic heterocycles. The lowest BCUT2D eigenvalue weighted by molar-refractivity contribution is -0.136. The molecule has 2 fully saturated rings. The first-order chi connectivity index (χ1) is 13.4. The van der Waals surface area contributed by atoms with Crippen molar-refractivity contribution >= 4 is 22.7 Å². The van der Waals surface area contributed by atoms with E-state index in [4.69, 9.17) is 0 Å². The molecule has 1 N–H and O–H groups in total. The molecule has 3 heterocycles. The van der Waals surface area contributed by atoms with Gasteiger partial charge in [0.2, 0.25) is 11.8 Å². The second-order valence-corrected chi connectivity index (χ2v) is 8.63. The van der Waals surface area contributed by atoms with E-state index >= 15 is 0 Å². The van der Waals surface area contributed by atoms with E-state index in [1.165, 1.54) is 17.7 Å². The largest absolute Gasteiger partial charge is 0.361 e. The van der Waals surface area contributed by atoms with Crippen LogP contribution in [0, 0.1) is 17.7 Å². The van der Waals surface area contributed by atoms with Crippen molar-refractivity contribution in [3.05, 3.63) is 35.8 Å². The van der Waals surface area contributed by atoms with Crippen LogP contribution < -0.4 is 0 Å². The molecule has 1 aromatic carbocycles. The van der Waals surface area contributed by atoms with E-state index in [9.17, 15) is 14.0 Å². The zero-order valence-electron chi connectivity index (χ0n) is 16.6. The van der Waals surface area contributed by atoms with Crippen molar-refractivity contribution in [2.75, 3.05) is 26.2 Å². The zero-order valence-corrected chi connectivity index (χ0v) is 16.6. The molecule has 0 saturated carbocycles. The Balaban J connectivity index is 1.37. The molecule has 0 bridgehead atoms. The minimum Gasteiger partial charge on any atom is -0.361 e. The molecule has 5 nitrogen and oxygen atoms in total. The molecular weight excluding hydrogens is 357 g/mol. The van der Waals surface area contributed by atoms with Gasteiger partial charge in [-0.05, 0) is 48.4 Å². The van der Waals surface area contributed by atoms with Crippen molar-refractivity contribution in [3.8, 4) is 0 Å². The van der Waals surface area contributed by atoms with Crippen LogP contribution in [0.25, 0.3) is 10.9 Å². The fourth-order valence-corrected chi connectivity index (χ4v) is 4.68. The minimum absolute atomic E-state index is 0.105. The van der Waals surface area contributed by atoms with Gasteiger partial charge in [0.05, 0.1) is 5.92 Å². The summed E-state index contributed by atoms with van der Waals surface area (Å²) < 4.78 is 13.4. The number of hydrogen-bond donors (Lipinski definition) is 1. The van der Waals surface area contributed by atoms with E-state index in [1.54, 1.807) is 0 Å². The Kier molecular flexibility index (Phi) is 5.13. The number of H-pyrrole nitrogens is 1. The number of nitrogens with one attached hydrogen (secondary N) is 1. The quantitative estimate of drug-likeness (QED) is 0.876. The second-order valence-electron chi connectivity index (χ2n) is 8.63. The summed E-state index contributed by atoms with van der Waals surface area (Å²) in [5.74, 6) is 0.578. The van der Waals surface area contributed by atoms with Gasteiger partial charge in [-0.1, -0.05) is 13.8 Å². The Hall–Kier alpha value is -2.37. The van der Waals surface area contributed by atoms with Gasteiger partial charge >= 0.3 is 0 Å². The number of aromatic nitrogens is 1. The maximum Gasteiger partial charge on any atom is 0.227 e. The number of hydrogen-bond acceptors (Lipinski definition) is 2. The van der Waals surface area contributed by atoms with Crippen molar-refractivity contribution in [2.45, 2.75) is 39.0 Å². The number of fused-ring (bicyclic) bond motifs is 1. The maximum atomic E-state index is 13.4. The summed E-state index contributed by atoms with van der Waals surface area (Å²) in [6.07, 6.45) is 4.12. The number of carbonyl (C=O) groups excluding carboxylic acids is 2. The Bertz CT molecular complexity index is 883. The molecule has 0 spiro atoms. The molecule has 2 amide bonds. The van der Waals surface area contributed by atoms with Gasteiger partial charge in [0.25, 0.3) is 0 Å². The van der Waals surface area contributed by atoms with Crippen LogP contribution in [0.1, 0.15) is 44.6 Å². The predicted molar refractivity (Wildman–Crippen MR) is 106 cm³/mol. The third-order valence-corrected chi connectivity index (χ3v) is 6.07. The average molecular weight is 385 g/mol. The van der Waals surface area contributed by atoms with Crippen molar-refractivity contribution in [3.63, 3.8) is 0 Å². The molecule has 2 saturated heterocycles. The normalized spacial score (nSPS) is 21.3. The first-order valence-electron chi connectivity index (χ1n) is 10.3. The Morgan fingerprint density at radius 3 is 2.75 bits per heavy atom. The van der Waals surface area contributed by atoms with Crippen molar-refractivity contribution < 1.29 is 14.0 Å². The summed E-state index contributed by atoms with van der Waals surface area (Å²) >= 11 is 0. The molecule has 150 valence electrons. The molecule has 6 heteroatoms. The summed E-state index contributed by atoms with van der Waals surface area (Å²) in [6, 6.07) is 4.86. The van der Waals surface area contributed by atoms with Gasteiger partial charge in [-0.25, -0.2) is 4.39 Å². The highest BCUT2D eigenvalue weighted by atomic mass is 19.1. The number of rotatable bonds is 4. The molecule has 0 radical (unpaired) electrons. The fraction of sp³-hybridized carbons (Fsp3) is 0.545. The molecule has 0 aliphatic carbocycles. The van der Waals surface area contributed by atoms with Gasteiger partial charge in [0.1, 0.15) is 5.82 Å². The van der Waals surface area contributed by atoms with Crippen LogP contribution in [-0.2, 0) is 9.59 Å². The number of piperidine rings is 1. The van der Waals surface area contributed by atoms with E-state index in [1.807, 2.05) is 22.1 Å². The summed E-state index contributed by atoms with van der Waals surface area (Å²) in [6.45, 7) is 6.90. The number of halogens is 1. The van der Waals surface area contributed by atoms with Crippen molar-refractivity contribution in [2.24, 2.45) is 11.8 Å². The highest BCUT2D eigenvalue weighted by Crippen LogP contribution is 2.34. The van der Waals surface area contributed by atoms with Crippen molar-refractivity contribution in [1.29, 1.82) is 0 Å². The first-order valence-corrected chi connectivity index (χ1v) is 10.3. The third kappa shape index (κ3) is 3.64. The van der Waals surface area contributed by atoms with Crippen LogP contribution in [-0.4, -0.2) is 52.8 Å². The van der Waals surface area contributed by atoms with E-state index < -0.39 is 0 Å². The topological polar surface area (TPSA) is 56.4 Å². The molecule has 1 aromatic heterocycles. The smallest absolute Gasteiger partial charge is 0.227 e. The molecule has 4 rings (SSSR count). The third-order valence-electron chi connectivity index (χ3n) is 6.07. The minimum atomic E-state index is -0.237. The fourth-order valence-electron chi connectivity index (χ4n) is 4.68. The SMILES string of the molecule is CC(C)CN1CC(C(=O)N2CCC(c3c[nH]c4cc(F)ccc34)CC2)CC1=O. The maximum absolute atomic E-state index is 13.4. The zero-order chi connectivity index (χ0) is 19.8. The standard InChI is InChI=1S/C22H28FN3O2/c1-14(2)12-26-13-16(9-21(26)27)22(28)25-7-5-15(6-8-25)19-11-24-20-10-17(23)3-4-18(19)20/h3-4,10-11,14-16,24H,5-9,12-13H2,1-2H3. The van der Waals surface area contributed by atoms with E-state index in [-0.39, 0.29) is 23.5 Å². The predicted octanol–water partition coefficient (Wildman–Crippen LogP) is 3.52. The number of benzene rings is 1. The lowest BCUT2D eigenvalue weighted by atomic mass is 9.88. The Morgan fingerprint density at radius 1 is 1.29 bits per heavy atom. The van der Waals surface area contributed by atoms with Crippen LogP contribution >= 0.6 is 0 Å². The number of nitrogens with zero attached hydrogens (tertiary/aromatic N) is 2.